The monoisotopic (exact) mass is 252 g/mol. The van der Waals surface area contributed by atoms with Crippen molar-refractivity contribution in [2.24, 2.45) is 0 Å². The Morgan fingerprint density at radius 1 is 1.35 bits per heavy atom. The smallest absolute Gasteiger partial charge is 0.243 e. The molecule has 0 bridgehead atoms. The molecule has 0 aliphatic heterocycles. The van der Waals surface area contributed by atoms with Crippen LogP contribution in [0.5, 0.6) is 11.6 Å². The maximum Gasteiger partial charge on any atom is 0.243 e. The lowest BCUT2D eigenvalue weighted by molar-refractivity contribution is 0.429. The van der Waals surface area contributed by atoms with Crippen LogP contribution in [0, 0.1) is 12.7 Å². The number of nitrogens with two attached hydrogens (primary N) is 1. The molecule has 1 aromatic carbocycles. The van der Waals surface area contributed by atoms with Gasteiger partial charge in [0.1, 0.15) is 0 Å². The van der Waals surface area contributed by atoms with Crippen LogP contribution in [-0.4, -0.2) is 4.98 Å². The number of nitrogens with zero attached hydrogens (tertiary/aromatic N) is 1. The molecule has 3 nitrogen and oxygen atoms in total. The van der Waals surface area contributed by atoms with Crippen LogP contribution < -0.4 is 10.5 Å². The van der Waals surface area contributed by atoms with E-state index < -0.39 is 5.82 Å². The maximum absolute atomic E-state index is 13.6. The molecule has 17 heavy (non-hydrogen) atoms. The quantitative estimate of drug-likeness (QED) is 0.889. The highest BCUT2D eigenvalue weighted by molar-refractivity contribution is 6.30. The molecule has 0 aliphatic carbocycles. The van der Waals surface area contributed by atoms with Crippen molar-refractivity contribution in [2.75, 3.05) is 5.73 Å². The molecule has 0 amide bonds. The molecule has 0 fully saturated rings. The van der Waals surface area contributed by atoms with Gasteiger partial charge in [0.15, 0.2) is 11.6 Å². The molecule has 2 rings (SSSR count). The minimum Gasteiger partial charge on any atom is -0.434 e. The highest BCUT2D eigenvalue weighted by atomic mass is 35.5. The second kappa shape index (κ2) is 4.59. The summed E-state index contributed by atoms with van der Waals surface area (Å²) in [6, 6.07) is 6.24. The number of aryl methyl sites for hydroxylation is 1. The number of pyridine rings is 1. The number of halogens is 2. The lowest BCUT2D eigenvalue weighted by Gasteiger charge is -2.09. The van der Waals surface area contributed by atoms with Crippen molar-refractivity contribution in [1.29, 1.82) is 0 Å². The Hall–Kier alpha value is -1.81. The van der Waals surface area contributed by atoms with E-state index in [1.165, 1.54) is 12.1 Å². The van der Waals surface area contributed by atoms with Gasteiger partial charge in [-0.2, -0.15) is 0 Å². The Morgan fingerprint density at radius 3 is 2.88 bits per heavy atom. The summed E-state index contributed by atoms with van der Waals surface area (Å²) in [5.74, 6) is -0.453. The molecule has 0 radical (unpaired) electrons. The summed E-state index contributed by atoms with van der Waals surface area (Å²) in [7, 11) is 0. The zero-order valence-electron chi connectivity index (χ0n) is 9.08. The molecular weight excluding hydrogens is 243 g/mol. The van der Waals surface area contributed by atoms with Gasteiger partial charge in [-0.25, -0.2) is 9.37 Å². The molecule has 2 aromatic rings. The first-order valence-electron chi connectivity index (χ1n) is 4.92. The van der Waals surface area contributed by atoms with E-state index in [0.29, 0.717) is 5.69 Å². The number of benzene rings is 1. The van der Waals surface area contributed by atoms with Gasteiger partial charge in [0.05, 0.1) is 10.7 Å². The molecule has 0 saturated carbocycles. The lowest BCUT2D eigenvalue weighted by Crippen LogP contribution is -1.98. The Kier molecular flexibility index (Phi) is 3.15. The van der Waals surface area contributed by atoms with Crippen LogP contribution in [0.3, 0.4) is 0 Å². The largest absolute Gasteiger partial charge is 0.434 e. The molecule has 2 N–H and O–H groups in total. The van der Waals surface area contributed by atoms with E-state index in [2.05, 4.69) is 4.98 Å². The second-order valence-electron chi connectivity index (χ2n) is 3.50. The SMILES string of the molecule is Cc1ccnc(Oc2cccc(Cl)c2F)c1N. The molecule has 0 saturated heterocycles. The number of rotatable bonds is 2. The first-order valence-corrected chi connectivity index (χ1v) is 5.30. The summed E-state index contributed by atoms with van der Waals surface area (Å²) in [5.41, 5.74) is 6.97. The van der Waals surface area contributed by atoms with Crippen molar-refractivity contribution in [1.82, 2.24) is 4.98 Å². The standard InChI is InChI=1S/C12H10ClFN2O/c1-7-5-6-16-12(11(7)15)17-9-4-2-3-8(13)10(9)14/h2-6H,15H2,1H3. The fourth-order valence-corrected chi connectivity index (χ4v) is 1.46. The number of hydrogen-bond acceptors (Lipinski definition) is 3. The Bertz CT molecular complexity index is 511. The highest BCUT2D eigenvalue weighted by Gasteiger charge is 2.11. The molecule has 1 aromatic heterocycles. The van der Waals surface area contributed by atoms with Crippen molar-refractivity contribution in [3.05, 3.63) is 46.9 Å². The van der Waals surface area contributed by atoms with Crippen molar-refractivity contribution >= 4 is 17.3 Å². The second-order valence-corrected chi connectivity index (χ2v) is 3.91. The Labute approximate surface area is 103 Å². The molecular formula is C12H10ClFN2O. The number of nitrogen functional groups attached to an aromatic ring is 1. The van der Waals surface area contributed by atoms with Gasteiger partial charge < -0.3 is 10.5 Å². The third-order valence-corrected chi connectivity index (χ3v) is 2.59. The van der Waals surface area contributed by atoms with Crippen LogP contribution in [0.1, 0.15) is 5.56 Å². The van der Waals surface area contributed by atoms with Gasteiger partial charge in [0.25, 0.3) is 0 Å². The summed E-state index contributed by atoms with van der Waals surface area (Å²) in [6.07, 6.45) is 1.55. The van der Waals surface area contributed by atoms with Crippen LogP contribution >= 0.6 is 11.6 Å². The topological polar surface area (TPSA) is 48.1 Å². The molecule has 5 heteroatoms. The predicted octanol–water partition coefficient (Wildman–Crippen LogP) is 3.56. The third kappa shape index (κ3) is 2.31. The summed E-state index contributed by atoms with van der Waals surface area (Å²) < 4.78 is 18.9. The van der Waals surface area contributed by atoms with Gasteiger partial charge in [-0.05, 0) is 30.7 Å². The number of aromatic nitrogens is 1. The van der Waals surface area contributed by atoms with E-state index in [1.54, 1.807) is 18.3 Å². The molecule has 0 aliphatic rings. The lowest BCUT2D eigenvalue weighted by atomic mass is 10.2. The fourth-order valence-electron chi connectivity index (χ4n) is 1.29. The Balaban J connectivity index is 2.38. The van der Waals surface area contributed by atoms with E-state index in [0.717, 1.165) is 5.56 Å². The zero-order valence-corrected chi connectivity index (χ0v) is 9.83. The van der Waals surface area contributed by atoms with E-state index in [4.69, 9.17) is 22.1 Å². The number of hydrogen-bond donors (Lipinski definition) is 1. The van der Waals surface area contributed by atoms with E-state index in [9.17, 15) is 4.39 Å². The average molecular weight is 253 g/mol. The van der Waals surface area contributed by atoms with Gasteiger partial charge >= 0.3 is 0 Å². The molecule has 88 valence electrons. The highest BCUT2D eigenvalue weighted by Crippen LogP contribution is 2.31. The van der Waals surface area contributed by atoms with Crippen LogP contribution in [0.15, 0.2) is 30.5 Å². The summed E-state index contributed by atoms with van der Waals surface area (Å²) >= 11 is 5.64. The number of ether oxygens (including phenoxy) is 1. The van der Waals surface area contributed by atoms with E-state index in [1.807, 2.05) is 6.92 Å². The van der Waals surface area contributed by atoms with E-state index in [-0.39, 0.29) is 16.7 Å². The van der Waals surface area contributed by atoms with Crippen molar-refractivity contribution in [2.45, 2.75) is 6.92 Å². The predicted molar refractivity (Wildman–Crippen MR) is 64.9 cm³/mol. The normalized spacial score (nSPS) is 10.3. The minimum absolute atomic E-state index is 0.00213. The van der Waals surface area contributed by atoms with Crippen molar-refractivity contribution in [3.63, 3.8) is 0 Å². The van der Waals surface area contributed by atoms with Crippen molar-refractivity contribution < 1.29 is 9.13 Å². The van der Waals surface area contributed by atoms with Gasteiger partial charge in [0.2, 0.25) is 5.88 Å². The van der Waals surface area contributed by atoms with Crippen LogP contribution in [-0.2, 0) is 0 Å². The maximum atomic E-state index is 13.6. The van der Waals surface area contributed by atoms with Crippen LogP contribution in [0.4, 0.5) is 10.1 Å². The minimum atomic E-state index is -0.628. The van der Waals surface area contributed by atoms with Crippen molar-refractivity contribution in [3.8, 4) is 11.6 Å². The molecule has 0 unspecified atom stereocenters. The average Bonchev–Trinajstić information content (AvgIpc) is 2.31. The zero-order chi connectivity index (χ0) is 12.4. The molecule has 0 atom stereocenters. The first kappa shape index (κ1) is 11.7. The summed E-state index contributed by atoms with van der Waals surface area (Å²) in [5, 5.41) is -0.00581. The van der Waals surface area contributed by atoms with Gasteiger partial charge in [0, 0.05) is 6.20 Å². The van der Waals surface area contributed by atoms with Gasteiger partial charge in [-0.1, -0.05) is 17.7 Å². The first-order chi connectivity index (χ1) is 8.09. The number of anilines is 1. The van der Waals surface area contributed by atoms with E-state index >= 15 is 0 Å². The van der Waals surface area contributed by atoms with Crippen LogP contribution in [0.25, 0.3) is 0 Å². The van der Waals surface area contributed by atoms with Gasteiger partial charge in [-0.15, -0.1) is 0 Å². The summed E-state index contributed by atoms with van der Waals surface area (Å²) in [4.78, 5) is 3.95. The third-order valence-electron chi connectivity index (χ3n) is 2.29. The van der Waals surface area contributed by atoms with Crippen LogP contribution in [0.2, 0.25) is 5.02 Å². The molecule has 0 spiro atoms. The molecule has 1 heterocycles. The fraction of sp³-hybridized carbons (Fsp3) is 0.0833. The van der Waals surface area contributed by atoms with Gasteiger partial charge in [-0.3, -0.25) is 0 Å². The Morgan fingerprint density at radius 2 is 2.12 bits per heavy atom. The summed E-state index contributed by atoms with van der Waals surface area (Å²) in [6.45, 7) is 1.82.